The summed E-state index contributed by atoms with van der Waals surface area (Å²) in [4.78, 5) is 27.1. The maximum Gasteiger partial charge on any atom is 0.416 e. The van der Waals surface area contributed by atoms with Crippen LogP contribution in [0.2, 0.25) is 0 Å². The highest BCUT2D eigenvalue weighted by Crippen LogP contribution is 2.44. The number of aliphatic hydroxyl groups is 1. The number of phenolic OH excluding ortho intramolecular Hbond substituents is 1. The number of Topliss-reactive ketones (excluding diaryl/α,β-unsaturated/α-hetero) is 1. The fourth-order valence-corrected chi connectivity index (χ4v) is 4.45. The molecular formula is C25H17BrF3NO5. The van der Waals surface area contributed by atoms with Crippen molar-refractivity contribution >= 4 is 39.1 Å². The molecule has 1 saturated heterocycles. The summed E-state index contributed by atoms with van der Waals surface area (Å²) in [5.41, 5.74) is -1.15. The summed E-state index contributed by atoms with van der Waals surface area (Å²) in [6.45, 7) is 0. The van der Waals surface area contributed by atoms with Crippen LogP contribution in [0.3, 0.4) is 0 Å². The van der Waals surface area contributed by atoms with Gasteiger partial charge in [0.15, 0.2) is 0 Å². The number of benzene rings is 3. The number of rotatable bonds is 4. The number of carbonyl (C=O) groups is 2. The third-order valence-corrected chi connectivity index (χ3v) is 6.13. The van der Waals surface area contributed by atoms with E-state index in [1.807, 2.05) is 0 Å². The number of amides is 1. The monoisotopic (exact) mass is 547 g/mol. The zero-order valence-electron chi connectivity index (χ0n) is 18.0. The minimum atomic E-state index is -4.68. The van der Waals surface area contributed by atoms with E-state index in [1.165, 1.54) is 55.6 Å². The highest BCUT2D eigenvalue weighted by molar-refractivity contribution is 9.10. The molecule has 0 bridgehead atoms. The van der Waals surface area contributed by atoms with Crippen molar-refractivity contribution in [1.29, 1.82) is 0 Å². The second-order valence-electron chi connectivity index (χ2n) is 7.66. The lowest BCUT2D eigenvalue weighted by Gasteiger charge is -2.26. The van der Waals surface area contributed by atoms with E-state index in [4.69, 9.17) is 4.74 Å². The van der Waals surface area contributed by atoms with Crippen LogP contribution < -0.4 is 9.64 Å². The van der Waals surface area contributed by atoms with Gasteiger partial charge in [0.1, 0.15) is 17.3 Å². The van der Waals surface area contributed by atoms with E-state index in [-0.39, 0.29) is 28.1 Å². The number of aromatic hydroxyl groups is 1. The van der Waals surface area contributed by atoms with Crippen molar-refractivity contribution in [1.82, 2.24) is 0 Å². The molecule has 1 fully saturated rings. The third kappa shape index (κ3) is 4.49. The lowest BCUT2D eigenvalue weighted by molar-refractivity contribution is -0.137. The molecule has 1 unspecified atom stereocenters. The van der Waals surface area contributed by atoms with E-state index < -0.39 is 35.2 Å². The molecule has 6 nitrogen and oxygen atoms in total. The molecule has 2 N–H and O–H groups in total. The summed E-state index contributed by atoms with van der Waals surface area (Å²) in [5, 5.41) is 21.1. The largest absolute Gasteiger partial charge is 0.508 e. The average Bonchev–Trinajstić information content (AvgIpc) is 3.08. The number of nitrogens with zero attached hydrogens (tertiary/aromatic N) is 1. The van der Waals surface area contributed by atoms with Crippen molar-refractivity contribution in [2.45, 2.75) is 12.2 Å². The number of methoxy groups -OCH3 is 1. The molecule has 180 valence electrons. The Morgan fingerprint density at radius 1 is 1.03 bits per heavy atom. The Morgan fingerprint density at radius 3 is 2.37 bits per heavy atom. The molecule has 0 saturated carbocycles. The molecule has 1 heterocycles. The minimum absolute atomic E-state index is 0.171. The van der Waals surface area contributed by atoms with Gasteiger partial charge in [0.25, 0.3) is 11.7 Å². The first-order chi connectivity index (χ1) is 16.5. The molecule has 3 aromatic carbocycles. The van der Waals surface area contributed by atoms with Gasteiger partial charge in [0, 0.05) is 11.3 Å². The quantitative estimate of drug-likeness (QED) is 0.244. The number of hydrogen-bond donors (Lipinski definition) is 2. The lowest BCUT2D eigenvalue weighted by atomic mass is 9.95. The van der Waals surface area contributed by atoms with Gasteiger partial charge in [-0.25, -0.2) is 0 Å². The van der Waals surface area contributed by atoms with Crippen molar-refractivity contribution in [3.05, 3.63) is 93.5 Å². The van der Waals surface area contributed by atoms with E-state index in [2.05, 4.69) is 15.9 Å². The highest BCUT2D eigenvalue weighted by Gasteiger charge is 2.47. The second-order valence-corrected chi connectivity index (χ2v) is 8.52. The Hall–Kier alpha value is -3.79. The molecule has 0 aliphatic carbocycles. The maximum absolute atomic E-state index is 13.4. The molecule has 0 spiro atoms. The number of ether oxygens (including phenoxy) is 1. The summed E-state index contributed by atoms with van der Waals surface area (Å²) < 4.78 is 45.7. The summed E-state index contributed by atoms with van der Waals surface area (Å²) in [5.74, 6) is -2.47. The van der Waals surface area contributed by atoms with Crippen LogP contribution in [0.5, 0.6) is 11.5 Å². The molecule has 1 amide bonds. The smallest absolute Gasteiger partial charge is 0.416 e. The van der Waals surface area contributed by atoms with E-state index in [0.717, 1.165) is 23.1 Å². The normalized spacial score (nSPS) is 17.6. The molecule has 4 rings (SSSR count). The Bertz CT molecular complexity index is 1370. The first kappa shape index (κ1) is 24.3. The minimum Gasteiger partial charge on any atom is -0.508 e. The predicted octanol–water partition coefficient (Wildman–Crippen LogP) is 5.81. The molecular weight excluding hydrogens is 531 g/mol. The maximum atomic E-state index is 13.4. The summed E-state index contributed by atoms with van der Waals surface area (Å²) in [7, 11) is 1.45. The van der Waals surface area contributed by atoms with Crippen LogP contribution in [0.15, 0.2) is 76.8 Å². The number of ketones is 1. The van der Waals surface area contributed by atoms with Crippen LogP contribution in [0, 0.1) is 0 Å². The number of alkyl halides is 3. The number of halogens is 4. The van der Waals surface area contributed by atoms with Crippen LogP contribution >= 0.6 is 15.9 Å². The van der Waals surface area contributed by atoms with Gasteiger partial charge in [-0.15, -0.1) is 0 Å². The van der Waals surface area contributed by atoms with Crippen molar-refractivity contribution < 1.29 is 37.7 Å². The van der Waals surface area contributed by atoms with Gasteiger partial charge in [-0.2, -0.15) is 13.2 Å². The van der Waals surface area contributed by atoms with Crippen molar-refractivity contribution in [2.24, 2.45) is 0 Å². The van der Waals surface area contributed by atoms with Crippen LogP contribution in [-0.4, -0.2) is 29.0 Å². The van der Waals surface area contributed by atoms with Gasteiger partial charge in [0.2, 0.25) is 0 Å². The van der Waals surface area contributed by atoms with E-state index >= 15 is 0 Å². The van der Waals surface area contributed by atoms with Gasteiger partial charge in [-0.3, -0.25) is 14.5 Å². The number of hydrogen-bond acceptors (Lipinski definition) is 5. The van der Waals surface area contributed by atoms with Crippen molar-refractivity contribution in [3.63, 3.8) is 0 Å². The lowest BCUT2D eigenvalue weighted by Crippen LogP contribution is -2.29. The first-order valence-electron chi connectivity index (χ1n) is 10.1. The highest BCUT2D eigenvalue weighted by atomic mass is 79.9. The average molecular weight is 548 g/mol. The fraction of sp³-hybridized carbons (Fsp3) is 0.120. The van der Waals surface area contributed by atoms with Crippen LogP contribution in [0.4, 0.5) is 18.9 Å². The molecule has 1 atom stereocenters. The third-order valence-electron chi connectivity index (χ3n) is 5.51. The SMILES string of the molecule is COc1ccc(/C(O)=C2\C(=O)C(=O)N(c3cccc(C(F)(F)F)c3)C2c2cccc(O)c2)cc1Br. The second kappa shape index (κ2) is 9.10. The van der Waals surface area contributed by atoms with Crippen molar-refractivity contribution in [2.75, 3.05) is 12.0 Å². The standard InChI is InChI=1S/C25H17BrF3NO5/c1-35-19-9-8-14(11-18(19)26)22(32)20-21(13-4-2-7-17(31)10-13)30(24(34)23(20)33)16-6-3-5-15(12-16)25(27,28)29/h2-12,21,31-32H,1H3/b22-20+. The van der Waals surface area contributed by atoms with E-state index in [9.17, 15) is 33.0 Å². The van der Waals surface area contributed by atoms with Crippen molar-refractivity contribution in [3.8, 4) is 11.5 Å². The number of aliphatic hydroxyl groups excluding tert-OH is 1. The molecule has 1 aliphatic heterocycles. The summed E-state index contributed by atoms with van der Waals surface area (Å²) in [6, 6.07) is 12.8. The zero-order valence-corrected chi connectivity index (χ0v) is 19.6. The number of phenols is 1. The van der Waals surface area contributed by atoms with E-state index in [1.54, 1.807) is 0 Å². The van der Waals surface area contributed by atoms with Gasteiger partial charge < -0.3 is 14.9 Å². The Kier molecular flexibility index (Phi) is 6.33. The predicted molar refractivity (Wildman–Crippen MR) is 125 cm³/mol. The van der Waals surface area contributed by atoms with Gasteiger partial charge in [-0.05, 0) is 70.0 Å². The van der Waals surface area contributed by atoms with Gasteiger partial charge >= 0.3 is 6.18 Å². The molecule has 3 aromatic rings. The summed E-state index contributed by atoms with van der Waals surface area (Å²) in [6.07, 6.45) is -4.68. The Labute approximate surface area is 206 Å². The van der Waals surface area contributed by atoms with E-state index in [0.29, 0.717) is 10.2 Å². The molecule has 0 radical (unpaired) electrons. The number of carbonyl (C=O) groups excluding carboxylic acids is 2. The topological polar surface area (TPSA) is 87.1 Å². The molecule has 35 heavy (non-hydrogen) atoms. The van der Waals surface area contributed by atoms with Gasteiger partial charge in [-0.1, -0.05) is 18.2 Å². The Morgan fingerprint density at radius 2 is 1.74 bits per heavy atom. The van der Waals surface area contributed by atoms with Crippen LogP contribution in [0.25, 0.3) is 5.76 Å². The fourth-order valence-electron chi connectivity index (χ4n) is 3.91. The van der Waals surface area contributed by atoms with Crippen LogP contribution in [-0.2, 0) is 15.8 Å². The zero-order chi connectivity index (χ0) is 25.5. The summed E-state index contributed by atoms with van der Waals surface area (Å²) >= 11 is 3.30. The van der Waals surface area contributed by atoms with Gasteiger partial charge in [0.05, 0.1) is 28.8 Å². The molecule has 1 aliphatic rings. The number of anilines is 1. The first-order valence-corrected chi connectivity index (χ1v) is 10.9. The Balaban J connectivity index is 1.95. The molecule has 0 aromatic heterocycles. The van der Waals surface area contributed by atoms with Crippen LogP contribution in [0.1, 0.15) is 22.7 Å². The molecule has 10 heteroatoms.